The smallest absolute Gasteiger partial charge is 0.239 e. The van der Waals surface area contributed by atoms with Crippen molar-refractivity contribution in [1.29, 1.82) is 0 Å². The van der Waals surface area contributed by atoms with Crippen LogP contribution in [0.2, 0.25) is 0 Å². The highest BCUT2D eigenvalue weighted by Gasteiger charge is 2.50. The van der Waals surface area contributed by atoms with E-state index in [0.29, 0.717) is 12.3 Å². The molecule has 2 fully saturated rings. The van der Waals surface area contributed by atoms with Crippen molar-refractivity contribution in [3.8, 4) is 0 Å². The molecule has 2 bridgehead atoms. The molecule has 4 atom stereocenters. The van der Waals surface area contributed by atoms with E-state index in [4.69, 9.17) is 0 Å². The lowest BCUT2D eigenvalue weighted by Crippen LogP contribution is -2.34. The summed E-state index contributed by atoms with van der Waals surface area (Å²) in [6.07, 6.45) is 1.58. The van der Waals surface area contributed by atoms with Crippen LogP contribution in [0.25, 0.3) is 0 Å². The van der Waals surface area contributed by atoms with Crippen molar-refractivity contribution in [1.82, 2.24) is 0 Å². The maximum absolute atomic E-state index is 13.2. The third kappa shape index (κ3) is 1.69. The molecule has 2 aliphatic rings. The van der Waals surface area contributed by atoms with Gasteiger partial charge in [0, 0.05) is 5.92 Å². The Labute approximate surface area is 81.3 Å². The molecular weight excluding hydrogens is 197 g/mol. The Kier molecular flexibility index (Phi) is 2.29. The number of alkyl halides is 3. The number of rotatable bonds is 2. The first-order valence-corrected chi connectivity index (χ1v) is 5.17. The average molecular weight is 210 g/mol. The quantitative estimate of drug-likeness (QED) is 0.664. The van der Waals surface area contributed by atoms with E-state index in [2.05, 4.69) is 12.6 Å². The van der Waals surface area contributed by atoms with E-state index in [0.717, 1.165) is 19.3 Å². The summed E-state index contributed by atoms with van der Waals surface area (Å²) in [6, 6.07) is 0. The summed E-state index contributed by atoms with van der Waals surface area (Å²) >= 11 is 3.01. The van der Waals surface area contributed by atoms with E-state index in [9.17, 15) is 13.2 Å². The fourth-order valence-electron chi connectivity index (χ4n) is 2.91. The highest BCUT2D eigenvalue weighted by atomic mass is 32.1. The second kappa shape index (κ2) is 3.07. The van der Waals surface area contributed by atoms with Gasteiger partial charge in [-0.2, -0.15) is 8.78 Å². The molecule has 0 spiro atoms. The fourth-order valence-corrected chi connectivity index (χ4v) is 3.10. The molecule has 2 rings (SSSR count). The first kappa shape index (κ1) is 9.69. The van der Waals surface area contributed by atoms with Crippen LogP contribution < -0.4 is 0 Å². The molecule has 0 radical (unpaired) electrons. The minimum Gasteiger partial charge on any atom is -0.239 e. The molecular formula is C9H13F3S. The van der Waals surface area contributed by atoms with Crippen molar-refractivity contribution in [2.45, 2.75) is 37.1 Å². The van der Waals surface area contributed by atoms with Crippen LogP contribution in [0.1, 0.15) is 25.7 Å². The van der Waals surface area contributed by atoms with Gasteiger partial charge in [0.05, 0.1) is 0 Å². The SMILES string of the molecule is FC(C1CC2CCC1C2)C(F)(F)S. The summed E-state index contributed by atoms with van der Waals surface area (Å²) in [5.41, 5.74) is 0. The second-order valence-electron chi connectivity index (χ2n) is 4.33. The third-order valence-electron chi connectivity index (χ3n) is 3.50. The van der Waals surface area contributed by atoms with Gasteiger partial charge < -0.3 is 0 Å². The normalized spacial score (nSPS) is 41.1. The average Bonchev–Trinajstić information content (AvgIpc) is 2.60. The number of halogens is 3. The minimum atomic E-state index is -3.45. The van der Waals surface area contributed by atoms with E-state index in [1.54, 1.807) is 0 Å². The molecule has 2 aliphatic carbocycles. The van der Waals surface area contributed by atoms with Crippen molar-refractivity contribution >= 4 is 12.6 Å². The molecule has 0 aromatic heterocycles. The van der Waals surface area contributed by atoms with E-state index < -0.39 is 17.3 Å². The number of hydrogen-bond acceptors (Lipinski definition) is 1. The van der Waals surface area contributed by atoms with E-state index in [1.807, 2.05) is 0 Å². The number of fused-ring (bicyclic) bond motifs is 2. The van der Waals surface area contributed by atoms with Gasteiger partial charge in [-0.3, -0.25) is 0 Å². The van der Waals surface area contributed by atoms with Crippen LogP contribution in [0.15, 0.2) is 0 Å². The van der Waals surface area contributed by atoms with Gasteiger partial charge in [-0.1, -0.05) is 6.42 Å². The first-order valence-electron chi connectivity index (χ1n) is 4.72. The minimum absolute atomic E-state index is 0.193. The zero-order chi connectivity index (χ0) is 9.64. The standard InChI is InChI=1S/C9H13F3S/c10-8(9(11,12)13)7-4-5-1-2-6(7)3-5/h5-8,13H,1-4H2. The first-order chi connectivity index (χ1) is 5.98. The second-order valence-corrected chi connectivity index (χ2v) is 4.92. The van der Waals surface area contributed by atoms with Crippen LogP contribution in [0, 0.1) is 17.8 Å². The largest absolute Gasteiger partial charge is 0.322 e. The molecule has 0 saturated heterocycles. The lowest BCUT2D eigenvalue weighted by atomic mass is 9.85. The Morgan fingerprint density at radius 3 is 2.31 bits per heavy atom. The van der Waals surface area contributed by atoms with Gasteiger partial charge in [-0.15, -0.1) is 12.6 Å². The number of thiol groups is 1. The fraction of sp³-hybridized carbons (Fsp3) is 1.00. The van der Waals surface area contributed by atoms with Crippen LogP contribution >= 0.6 is 12.6 Å². The summed E-state index contributed by atoms with van der Waals surface area (Å²) in [5, 5.41) is -3.45. The molecule has 0 aliphatic heterocycles. The molecule has 0 amide bonds. The Morgan fingerprint density at radius 2 is 1.92 bits per heavy atom. The lowest BCUT2D eigenvalue weighted by molar-refractivity contribution is -0.0267. The molecule has 0 aromatic rings. The Morgan fingerprint density at radius 1 is 1.23 bits per heavy atom. The van der Waals surface area contributed by atoms with Crippen molar-refractivity contribution in [3.05, 3.63) is 0 Å². The van der Waals surface area contributed by atoms with Crippen molar-refractivity contribution < 1.29 is 13.2 Å². The predicted octanol–water partition coefficient (Wildman–Crippen LogP) is 3.28. The van der Waals surface area contributed by atoms with Gasteiger partial charge in [0.15, 0.2) is 6.17 Å². The maximum Gasteiger partial charge on any atom is 0.322 e. The topological polar surface area (TPSA) is 0 Å². The van der Waals surface area contributed by atoms with Crippen LogP contribution in [0.3, 0.4) is 0 Å². The van der Waals surface area contributed by atoms with Crippen LogP contribution in [0.5, 0.6) is 0 Å². The molecule has 4 heteroatoms. The Hall–Kier alpha value is 0.140. The zero-order valence-electron chi connectivity index (χ0n) is 7.22. The summed E-state index contributed by atoms with van der Waals surface area (Å²) in [5.74, 6) is 0.258. The molecule has 0 N–H and O–H groups in total. The van der Waals surface area contributed by atoms with Crippen LogP contribution in [0.4, 0.5) is 13.2 Å². The molecule has 0 heterocycles. The lowest BCUT2D eigenvalue weighted by Gasteiger charge is -2.27. The van der Waals surface area contributed by atoms with Crippen LogP contribution in [-0.2, 0) is 0 Å². The van der Waals surface area contributed by atoms with Gasteiger partial charge in [0.25, 0.3) is 0 Å². The third-order valence-corrected chi connectivity index (χ3v) is 3.75. The van der Waals surface area contributed by atoms with Crippen molar-refractivity contribution in [3.63, 3.8) is 0 Å². The molecule has 76 valence electrons. The molecule has 13 heavy (non-hydrogen) atoms. The maximum atomic E-state index is 13.2. The predicted molar refractivity (Wildman–Crippen MR) is 47.8 cm³/mol. The number of hydrogen-bond donors (Lipinski definition) is 1. The molecule has 4 unspecified atom stereocenters. The van der Waals surface area contributed by atoms with Crippen molar-refractivity contribution in [2.24, 2.45) is 17.8 Å². The summed E-state index contributed by atoms with van der Waals surface area (Å²) in [4.78, 5) is 0. The molecule has 0 aromatic carbocycles. The highest BCUT2D eigenvalue weighted by molar-refractivity contribution is 7.81. The van der Waals surface area contributed by atoms with Gasteiger partial charge in [-0.05, 0) is 31.1 Å². The van der Waals surface area contributed by atoms with E-state index in [-0.39, 0.29) is 5.92 Å². The van der Waals surface area contributed by atoms with Crippen molar-refractivity contribution in [2.75, 3.05) is 0 Å². The molecule has 2 saturated carbocycles. The van der Waals surface area contributed by atoms with E-state index >= 15 is 0 Å². The Bertz CT molecular complexity index is 202. The monoisotopic (exact) mass is 210 g/mol. The highest BCUT2D eigenvalue weighted by Crippen LogP contribution is 2.52. The summed E-state index contributed by atoms with van der Waals surface area (Å²) < 4.78 is 38.4. The summed E-state index contributed by atoms with van der Waals surface area (Å²) in [6.45, 7) is 0. The van der Waals surface area contributed by atoms with Gasteiger partial charge in [0.2, 0.25) is 0 Å². The zero-order valence-corrected chi connectivity index (χ0v) is 8.11. The van der Waals surface area contributed by atoms with Gasteiger partial charge in [-0.25, -0.2) is 4.39 Å². The van der Waals surface area contributed by atoms with E-state index in [1.165, 1.54) is 0 Å². The van der Waals surface area contributed by atoms with Crippen LogP contribution in [-0.4, -0.2) is 11.4 Å². The van der Waals surface area contributed by atoms with Gasteiger partial charge in [0.1, 0.15) is 0 Å². The molecule has 0 nitrogen and oxygen atoms in total. The van der Waals surface area contributed by atoms with Gasteiger partial charge >= 0.3 is 5.25 Å². The summed E-state index contributed by atoms with van der Waals surface area (Å²) in [7, 11) is 0. The Balaban J connectivity index is 2.02.